The van der Waals surface area contributed by atoms with Crippen LogP contribution in [0.3, 0.4) is 0 Å². The summed E-state index contributed by atoms with van der Waals surface area (Å²) in [4.78, 5) is 26.2. The highest BCUT2D eigenvalue weighted by molar-refractivity contribution is 5.77. The molecule has 0 rings (SSSR count). The quantitative estimate of drug-likeness (QED) is 0.0244. The molecule has 3 unspecified atom stereocenters. The van der Waals surface area contributed by atoms with E-state index in [9.17, 15) is 19.8 Å². The predicted molar refractivity (Wildman–Crippen MR) is 287 cm³/mol. The lowest BCUT2D eigenvalue weighted by Gasteiger charge is -2.24. The summed E-state index contributed by atoms with van der Waals surface area (Å²) in [6.07, 6.45) is 68.2. The summed E-state index contributed by atoms with van der Waals surface area (Å²) in [6.45, 7) is 6.33. The lowest BCUT2D eigenvalue weighted by atomic mass is 10.0. The van der Waals surface area contributed by atoms with Crippen molar-refractivity contribution < 1.29 is 24.5 Å². The van der Waals surface area contributed by atoms with E-state index in [-0.39, 0.29) is 24.9 Å². The van der Waals surface area contributed by atoms with Gasteiger partial charge in [-0.15, -0.1) is 0 Å². The smallest absolute Gasteiger partial charge is 0.306 e. The van der Waals surface area contributed by atoms with Gasteiger partial charge >= 0.3 is 5.97 Å². The van der Waals surface area contributed by atoms with E-state index in [1.165, 1.54) is 148 Å². The zero-order valence-corrected chi connectivity index (χ0v) is 43.6. The summed E-state index contributed by atoms with van der Waals surface area (Å²) in [5.41, 5.74) is 0. The molecule has 66 heavy (non-hydrogen) atoms. The standard InChI is InChI=1S/C60H107NO5/c1-4-7-10-13-16-19-22-25-27-28-29-30-32-35-38-41-44-47-50-53-60(65)66-56(51-48-45-42-39-36-33-24-21-18-15-12-9-6-3)54-59(64)61-57(55-62)58(63)52-49-46-43-40-37-34-31-26-23-20-17-14-11-8-5-2/h9,12,15-16,18-19,21,24-25,27,33,36,56-58,62-63H,4-8,10-11,13-14,17,20,22-23,26,28-32,34-35,37-55H2,1-3H3,(H,61,64)/b12-9+,18-15+,19-16-,24-21+,27-25-,36-33-. The largest absolute Gasteiger partial charge is 0.462 e. The Morgan fingerprint density at radius 3 is 1.41 bits per heavy atom. The lowest BCUT2D eigenvalue weighted by molar-refractivity contribution is -0.151. The number of aliphatic hydroxyl groups is 2. The van der Waals surface area contributed by atoms with Gasteiger partial charge in [-0.05, 0) is 77.0 Å². The first-order valence-corrected chi connectivity index (χ1v) is 28.2. The van der Waals surface area contributed by atoms with Gasteiger partial charge in [-0.1, -0.05) is 254 Å². The number of unbranched alkanes of at least 4 members (excludes halogenated alkanes) is 29. The molecule has 0 spiro atoms. The third-order valence-corrected chi connectivity index (χ3v) is 12.6. The van der Waals surface area contributed by atoms with Gasteiger partial charge in [0.1, 0.15) is 6.10 Å². The van der Waals surface area contributed by atoms with Crippen LogP contribution < -0.4 is 5.32 Å². The normalized spacial score (nSPS) is 13.7. The monoisotopic (exact) mass is 922 g/mol. The van der Waals surface area contributed by atoms with Crippen molar-refractivity contribution in [2.24, 2.45) is 0 Å². The van der Waals surface area contributed by atoms with Gasteiger partial charge in [0.2, 0.25) is 5.91 Å². The average molecular weight is 923 g/mol. The average Bonchev–Trinajstić information content (AvgIpc) is 3.31. The summed E-state index contributed by atoms with van der Waals surface area (Å²) >= 11 is 0. The molecule has 6 nitrogen and oxygen atoms in total. The molecule has 3 atom stereocenters. The number of ether oxygens (including phenoxy) is 1. The molecule has 6 heteroatoms. The number of rotatable bonds is 50. The zero-order chi connectivity index (χ0) is 48.1. The van der Waals surface area contributed by atoms with Gasteiger partial charge in [-0.2, -0.15) is 0 Å². The maximum absolute atomic E-state index is 13.2. The Bertz CT molecular complexity index is 1220. The van der Waals surface area contributed by atoms with Gasteiger partial charge in [0.05, 0.1) is 25.2 Å². The molecule has 1 amide bonds. The van der Waals surface area contributed by atoms with Crippen molar-refractivity contribution in [2.45, 2.75) is 289 Å². The van der Waals surface area contributed by atoms with E-state index >= 15 is 0 Å². The highest BCUT2D eigenvalue weighted by Crippen LogP contribution is 2.18. The van der Waals surface area contributed by atoms with E-state index in [0.29, 0.717) is 19.3 Å². The van der Waals surface area contributed by atoms with E-state index in [1.54, 1.807) is 0 Å². The molecule has 0 aromatic heterocycles. The fourth-order valence-electron chi connectivity index (χ4n) is 8.35. The van der Waals surface area contributed by atoms with Crippen LogP contribution in [0.1, 0.15) is 271 Å². The molecule has 0 aromatic carbocycles. The number of aliphatic hydroxyl groups excluding tert-OH is 2. The van der Waals surface area contributed by atoms with Crippen LogP contribution in [-0.2, 0) is 14.3 Å². The molecule has 0 fully saturated rings. The van der Waals surface area contributed by atoms with E-state index in [4.69, 9.17) is 4.74 Å². The first-order valence-electron chi connectivity index (χ1n) is 28.2. The van der Waals surface area contributed by atoms with Crippen LogP contribution in [0.5, 0.6) is 0 Å². The van der Waals surface area contributed by atoms with Gasteiger partial charge in [0, 0.05) is 6.42 Å². The Kier molecular flexibility index (Phi) is 51.1. The topological polar surface area (TPSA) is 95.9 Å². The number of allylic oxidation sites excluding steroid dienone is 12. The molecule has 0 bridgehead atoms. The zero-order valence-electron chi connectivity index (χ0n) is 43.6. The summed E-state index contributed by atoms with van der Waals surface area (Å²) in [7, 11) is 0. The number of carbonyl (C=O) groups is 2. The van der Waals surface area contributed by atoms with Crippen molar-refractivity contribution in [1.29, 1.82) is 0 Å². The van der Waals surface area contributed by atoms with E-state index in [2.05, 4.69) is 74.7 Å². The molecule has 0 aliphatic rings. The van der Waals surface area contributed by atoms with Crippen LogP contribution in [0.2, 0.25) is 0 Å². The number of hydrogen-bond acceptors (Lipinski definition) is 5. The second-order valence-electron chi connectivity index (χ2n) is 19.0. The Morgan fingerprint density at radius 1 is 0.470 bits per heavy atom. The minimum atomic E-state index is -0.802. The molecule has 3 N–H and O–H groups in total. The number of nitrogens with one attached hydrogen (secondary N) is 1. The van der Waals surface area contributed by atoms with Crippen molar-refractivity contribution in [3.8, 4) is 0 Å². The fourth-order valence-corrected chi connectivity index (χ4v) is 8.35. The Morgan fingerprint density at radius 2 is 0.879 bits per heavy atom. The number of hydrogen-bond donors (Lipinski definition) is 3. The van der Waals surface area contributed by atoms with E-state index in [1.807, 2.05) is 24.3 Å². The Hall–Kier alpha value is -2.70. The minimum absolute atomic E-state index is 0.0480. The number of esters is 1. The Balaban J connectivity index is 4.56. The second-order valence-corrected chi connectivity index (χ2v) is 19.0. The van der Waals surface area contributed by atoms with Gasteiger partial charge in [0.25, 0.3) is 0 Å². The first-order chi connectivity index (χ1) is 32.5. The third-order valence-electron chi connectivity index (χ3n) is 12.6. The maximum Gasteiger partial charge on any atom is 0.306 e. The maximum atomic E-state index is 13.2. The van der Waals surface area contributed by atoms with Crippen molar-refractivity contribution in [3.05, 3.63) is 72.9 Å². The molecule has 0 aliphatic heterocycles. The number of amides is 1. The molecular formula is C60H107NO5. The van der Waals surface area contributed by atoms with E-state index in [0.717, 1.165) is 77.0 Å². The van der Waals surface area contributed by atoms with Crippen LogP contribution in [-0.4, -0.2) is 46.9 Å². The summed E-state index contributed by atoms with van der Waals surface area (Å²) in [6, 6.07) is -0.718. The molecule has 0 radical (unpaired) electrons. The summed E-state index contributed by atoms with van der Waals surface area (Å²) in [5.74, 6) is -0.514. The second kappa shape index (κ2) is 53.3. The van der Waals surface area contributed by atoms with Crippen LogP contribution in [0.15, 0.2) is 72.9 Å². The molecule has 0 saturated carbocycles. The molecule has 0 aromatic rings. The minimum Gasteiger partial charge on any atom is -0.462 e. The third kappa shape index (κ3) is 47.8. The predicted octanol–water partition coefficient (Wildman–Crippen LogP) is 17.3. The summed E-state index contributed by atoms with van der Waals surface area (Å²) in [5, 5.41) is 23.8. The van der Waals surface area contributed by atoms with Crippen molar-refractivity contribution in [3.63, 3.8) is 0 Å². The molecule has 0 heterocycles. The van der Waals surface area contributed by atoms with Gasteiger partial charge in [-0.3, -0.25) is 9.59 Å². The van der Waals surface area contributed by atoms with Crippen LogP contribution >= 0.6 is 0 Å². The van der Waals surface area contributed by atoms with Crippen molar-refractivity contribution in [2.75, 3.05) is 6.61 Å². The molecule has 382 valence electrons. The van der Waals surface area contributed by atoms with Crippen molar-refractivity contribution in [1.82, 2.24) is 5.32 Å². The first kappa shape index (κ1) is 63.3. The SMILES string of the molecule is CC/C=C/C=C/C=C/C=C\CCCCCC(CC(=O)NC(CO)C(O)CCCCCCCCCCCCCCCCC)OC(=O)CCCCCCCCCCC/C=C\C/C=C\CCCCC. The van der Waals surface area contributed by atoms with Gasteiger partial charge < -0.3 is 20.3 Å². The fraction of sp³-hybridized carbons (Fsp3) is 0.767. The molecule has 0 aliphatic carbocycles. The molecule has 0 saturated heterocycles. The van der Waals surface area contributed by atoms with Crippen LogP contribution in [0.25, 0.3) is 0 Å². The summed E-state index contributed by atoms with van der Waals surface area (Å²) < 4.78 is 5.93. The van der Waals surface area contributed by atoms with Crippen LogP contribution in [0, 0.1) is 0 Å². The van der Waals surface area contributed by atoms with Gasteiger partial charge in [-0.25, -0.2) is 0 Å². The lowest BCUT2D eigenvalue weighted by Crippen LogP contribution is -2.46. The Labute approximate surface area is 409 Å². The highest BCUT2D eigenvalue weighted by atomic mass is 16.5. The van der Waals surface area contributed by atoms with Crippen LogP contribution in [0.4, 0.5) is 0 Å². The van der Waals surface area contributed by atoms with Crippen molar-refractivity contribution >= 4 is 11.9 Å². The van der Waals surface area contributed by atoms with Gasteiger partial charge in [0.15, 0.2) is 0 Å². The number of carbonyl (C=O) groups excluding carboxylic acids is 2. The highest BCUT2D eigenvalue weighted by Gasteiger charge is 2.24. The van der Waals surface area contributed by atoms with E-state index < -0.39 is 18.2 Å². The molecular weight excluding hydrogens is 815 g/mol.